The van der Waals surface area contributed by atoms with Crippen LogP contribution in [0.15, 0.2) is 22.7 Å². The van der Waals surface area contributed by atoms with E-state index in [2.05, 4.69) is 60.2 Å². The van der Waals surface area contributed by atoms with Crippen molar-refractivity contribution in [2.24, 2.45) is 5.92 Å². The van der Waals surface area contributed by atoms with Crippen molar-refractivity contribution >= 4 is 15.9 Å². The van der Waals surface area contributed by atoms with Crippen molar-refractivity contribution in [2.45, 2.75) is 33.2 Å². The average Bonchev–Trinajstić information content (AvgIpc) is 2.24. The first kappa shape index (κ1) is 12.7. The van der Waals surface area contributed by atoms with Gasteiger partial charge in [-0.05, 0) is 37.1 Å². The Kier molecular flexibility index (Phi) is 4.81. The van der Waals surface area contributed by atoms with E-state index in [0.29, 0.717) is 12.0 Å². The van der Waals surface area contributed by atoms with Crippen molar-refractivity contribution in [3.8, 4) is 0 Å². The first-order valence-electron chi connectivity index (χ1n) is 5.54. The lowest BCUT2D eigenvalue weighted by Crippen LogP contribution is -2.23. The van der Waals surface area contributed by atoms with Crippen LogP contribution in [-0.4, -0.2) is 7.05 Å². The summed E-state index contributed by atoms with van der Waals surface area (Å²) < 4.78 is 1.20. The van der Waals surface area contributed by atoms with Crippen molar-refractivity contribution in [3.63, 3.8) is 0 Å². The van der Waals surface area contributed by atoms with Gasteiger partial charge >= 0.3 is 0 Å². The fourth-order valence-corrected chi connectivity index (χ4v) is 2.32. The Labute approximate surface area is 101 Å². The topological polar surface area (TPSA) is 12.0 Å². The molecule has 2 unspecified atom stereocenters. The van der Waals surface area contributed by atoms with Gasteiger partial charge in [-0.3, -0.25) is 0 Å². The van der Waals surface area contributed by atoms with E-state index >= 15 is 0 Å². The summed E-state index contributed by atoms with van der Waals surface area (Å²) in [5.41, 5.74) is 2.75. The molecule has 0 spiro atoms. The Morgan fingerprint density at radius 3 is 2.60 bits per heavy atom. The van der Waals surface area contributed by atoms with Gasteiger partial charge in [0.25, 0.3) is 0 Å². The molecule has 0 aliphatic carbocycles. The van der Waals surface area contributed by atoms with Gasteiger partial charge in [-0.25, -0.2) is 0 Å². The van der Waals surface area contributed by atoms with E-state index in [-0.39, 0.29) is 0 Å². The molecule has 0 saturated heterocycles. The number of hydrogen-bond acceptors (Lipinski definition) is 1. The van der Waals surface area contributed by atoms with Gasteiger partial charge in [-0.2, -0.15) is 0 Å². The second kappa shape index (κ2) is 5.66. The number of hydrogen-bond donors (Lipinski definition) is 1. The van der Waals surface area contributed by atoms with Gasteiger partial charge in [0.05, 0.1) is 0 Å². The zero-order chi connectivity index (χ0) is 11.4. The maximum Gasteiger partial charge on any atom is 0.0346 e. The molecule has 0 bridgehead atoms. The van der Waals surface area contributed by atoms with Gasteiger partial charge in [0, 0.05) is 10.5 Å². The first-order chi connectivity index (χ1) is 7.11. The van der Waals surface area contributed by atoms with Crippen molar-refractivity contribution < 1.29 is 0 Å². The maximum atomic E-state index is 3.59. The van der Waals surface area contributed by atoms with Crippen molar-refractivity contribution in [3.05, 3.63) is 33.8 Å². The summed E-state index contributed by atoms with van der Waals surface area (Å²) >= 11 is 3.59. The molecule has 2 atom stereocenters. The molecule has 1 nitrogen and oxygen atoms in total. The van der Waals surface area contributed by atoms with E-state index in [0.717, 1.165) is 0 Å². The molecule has 0 saturated carbocycles. The van der Waals surface area contributed by atoms with Crippen LogP contribution in [0, 0.1) is 12.8 Å². The van der Waals surface area contributed by atoms with Crippen molar-refractivity contribution in [1.29, 1.82) is 0 Å². The second-order valence-corrected chi connectivity index (χ2v) is 4.96. The summed E-state index contributed by atoms with van der Waals surface area (Å²) in [4.78, 5) is 0. The summed E-state index contributed by atoms with van der Waals surface area (Å²) in [6.07, 6.45) is 1.19. The highest BCUT2D eigenvalue weighted by atomic mass is 79.9. The molecule has 15 heavy (non-hydrogen) atoms. The van der Waals surface area contributed by atoms with Crippen molar-refractivity contribution in [2.75, 3.05) is 7.05 Å². The van der Waals surface area contributed by atoms with Crippen LogP contribution in [0.3, 0.4) is 0 Å². The summed E-state index contributed by atoms with van der Waals surface area (Å²) in [6.45, 7) is 6.70. The number of halogens is 1. The third-order valence-corrected chi connectivity index (χ3v) is 4.03. The molecule has 2 heteroatoms. The van der Waals surface area contributed by atoms with Crippen LogP contribution in [0.25, 0.3) is 0 Å². The van der Waals surface area contributed by atoms with Crippen molar-refractivity contribution in [1.82, 2.24) is 5.32 Å². The van der Waals surface area contributed by atoms with Gasteiger partial charge in [0.2, 0.25) is 0 Å². The van der Waals surface area contributed by atoms with Crippen LogP contribution in [0.1, 0.15) is 37.4 Å². The molecule has 1 N–H and O–H groups in total. The molecule has 84 valence electrons. The molecular weight excluding hydrogens is 250 g/mol. The summed E-state index contributed by atoms with van der Waals surface area (Å²) in [7, 11) is 2.04. The van der Waals surface area contributed by atoms with Crippen LogP contribution in [0.2, 0.25) is 0 Å². The Balaban J connectivity index is 3.07. The lowest BCUT2D eigenvalue weighted by molar-refractivity contribution is 0.399. The first-order valence-corrected chi connectivity index (χ1v) is 6.33. The highest BCUT2D eigenvalue weighted by Gasteiger charge is 2.18. The lowest BCUT2D eigenvalue weighted by Gasteiger charge is -2.25. The number of rotatable bonds is 4. The number of benzene rings is 1. The van der Waals surface area contributed by atoms with Crippen LogP contribution in [-0.2, 0) is 0 Å². The highest BCUT2D eigenvalue weighted by molar-refractivity contribution is 9.10. The largest absolute Gasteiger partial charge is 0.313 e. The lowest BCUT2D eigenvalue weighted by atomic mass is 9.90. The SMILES string of the molecule is CCC(C)C(NC)c1cccc(Br)c1C. The smallest absolute Gasteiger partial charge is 0.0346 e. The molecule has 0 aliphatic rings. The maximum absolute atomic E-state index is 3.59. The third kappa shape index (κ3) is 2.82. The molecule has 1 aromatic rings. The molecule has 1 aromatic carbocycles. The van der Waals surface area contributed by atoms with Crippen LogP contribution < -0.4 is 5.32 Å². The predicted octanol–water partition coefficient (Wildman–Crippen LogP) is 4.06. The molecular formula is C13H20BrN. The normalized spacial score (nSPS) is 15.0. The molecule has 0 heterocycles. The quantitative estimate of drug-likeness (QED) is 0.869. The Bertz CT molecular complexity index is 322. The van der Waals surface area contributed by atoms with E-state index in [9.17, 15) is 0 Å². The number of nitrogens with one attached hydrogen (secondary N) is 1. The zero-order valence-corrected chi connectivity index (χ0v) is 11.6. The molecule has 1 rings (SSSR count). The Morgan fingerprint density at radius 1 is 1.40 bits per heavy atom. The minimum absolute atomic E-state index is 0.451. The monoisotopic (exact) mass is 269 g/mol. The minimum Gasteiger partial charge on any atom is -0.313 e. The highest BCUT2D eigenvalue weighted by Crippen LogP contribution is 2.29. The van der Waals surface area contributed by atoms with E-state index in [4.69, 9.17) is 0 Å². The molecule has 0 radical (unpaired) electrons. The van der Waals surface area contributed by atoms with Gasteiger partial charge in [0.15, 0.2) is 0 Å². The van der Waals surface area contributed by atoms with E-state index in [1.807, 2.05) is 7.05 Å². The third-order valence-electron chi connectivity index (χ3n) is 3.17. The second-order valence-electron chi connectivity index (χ2n) is 4.11. The van der Waals surface area contributed by atoms with Gasteiger partial charge in [-0.1, -0.05) is 48.3 Å². The minimum atomic E-state index is 0.451. The average molecular weight is 270 g/mol. The summed E-state index contributed by atoms with van der Waals surface area (Å²) in [5.74, 6) is 0.656. The fourth-order valence-electron chi connectivity index (χ4n) is 1.94. The van der Waals surface area contributed by atoms with Crippen LogP contribution in [0.4, 0.5) is 0 Å². The molecule has 0 amide bonds. The van der Waals surface area contributed by atoms with Crippen LogP contribution >= 0.6 is 15.9 Å². The van der Waals surface area contributed by atoms with Gasteiger partial charge < -0.3 is 5.32 Å². The summed E-state index contributed by atoms with van der Waals surface area (Å²) in [6, 6.07) is 6.88. The Morgan fingerprint density at radius 2 is 2.07 bits per heavy atom. The predicted molar refractivity (Wildman–Crippen MR) is 70.1 cm³/mol. The molecule has 0 fully saturated rings. The molecule has 0 aromatic heterocycles. The van der Waals surface area contributed by atoms with E-state index < -0.39 is 0 Å². The standard InChI is InChI=1S/C13H20BrN/c1-5-9(2)13(15-4)11-7-6-8-12(14)10(11)3/h6-9,13,15H,5H2,1-4H3. The zero-order valence-electron chi connectivity index (χ0n) is 9.97. The fraction of sp³-hybridized carbons (Fsp3) is 0.538. The van der Waals surface area contributed by atoms with E-state index in [1.165, 1.54) is 22.0 Å². The van der Waals surface area contributed by atoms with Gasteiger partial charge in [-0.15, -0.1) is 0 Å². The summed E-state index contributed by atoms with van der Waals surface area (Å²) in [5, 5.41) is 3.42. The van der Waals surface area contributed by atoms with E-state index in [1.54, 1.807) is 0 Å². The molecule has 0 aliphatic heterocycles. The Hall–Kier alpha value is -0.340. The van der Waals surface area contributed by atoms with Gasteiger partial charge in [0.1, 0.15) is 0 Å². The van der Waals surface area contributed by atoms with Crippen LogP contribution in [0.5, 0.6) is 0 Å².